The number of methoxy groups -OCH3 is 1. The summed E-state index contributed by atoms with van der Waals surface area (Å²) >= 11 is 0. The zero-order valence-corrected chi connectivity index (χ0v) is 24.9. The molecule has 0 aliphatic rings. The minimum Gasteiger partial charge on any atom is -0.585 e. The molecule has 42 heavy (non-hydrogen) atoms. The number of pyridine rings is 2. The van der Waals surface area contributed by atoms with Gasteiger partial charge in [0.05, 0.1) is 32.4 Å². The van der Waals surface area contributed by atoms with E-state index in [1.807, 2.05) is 12.1 Å². The number of aromatic nitrogens is 2. The Bertz CT molecular complexity index is 1110. The first kappa shape index (κ1) is 38.0. The van der Waals surface area contributed by atoms with E-state index in [1.54, 1.807) is 12.4 Å². The molecule has 0 fully saturated rings. The van der Waals surface area contributed by atoms with Gasteiger partial charge in [-0.15, -0.1) is 0 Å². The molecule has 2 aromatic heterocycles. The largest absolute Gasteiger partial charge is 0.585 e. The summed E-state index contributed by atoms with van der Waals surface area (Å²) in [5.41, 5.74) is 4.15. The Balaban J connectivity index is 0.00000110. The van der Waals surface area contributed by atoms with Gasteiger partial charge in [-0.1, -0.05) is 6.58 Å². The molecule has 2 aromatic rings. The molecule has 1 unspecified atom stereocenters. The van der Waals surface area contributed by atoms with Gasteiger partial charge in [0, 0.05) is 63.0 Å². The van der Waals surface area contributed by atoms with Gasteiger partial charge in [-0.25, -0.2) is 9.78 Å². The molecule has 0 aliphatic carbocycles. The number of aliphatic hydroxyl groups is 1. The number of carboxylic acids is 2. The number of ether oxygens (including phenoxy) is 1. The van der Waals surface area contributed by atoms with Gasteiger partial charge in [0.25, 0.3) is 5.91 Å². The normalized spacial score (nSPS) is 10.7. The smallest absolute Gasteiger partial charge is 0.328 e. The Morgan fingerprint density at radius 2 is 1.76 bits per heavy atom. The molecule has 1 radical (unpaired) electrons. The maximum Gasteiger partial charge on any atom is 0.328 e. The van der Waals surface area contributed by atoms with Crippen LogP contribution in [0.5, 0.6) is 0 Å². The van der Waals surface area contributed by atoms with E-state index in [0.29, 0.717) is 30.8 Å². The van der Waals surface area contributed by atoms with Gasteiger partial charge in [-0.2, -0.15) is 0 Å². The number of hydrogen-bond acceptors (Lipinski definition) is 11. The fourth-order valence-corrected chi connectivity index (χ4v) is 3.33. The van der Waals surface area contributed by atoms with Crippen molar-refractivity contribution in [1.82, 2.24) is 25.5 Å². The molecular formula is C26H36N7O8Tc-. The van der Waals surface area contributed by atoms with Crippen LogP contribution in [0.15, 0.2) is 49.4 Å². The number of nitrogens with zero attached hydrogens (tertiary/aromatic N) is 3. The van der Waals surface area contributed by atoms with E-state index in [1.165, 1.54) is 25.4 Å². The summed E-state index contributed by atoms with van der Waals surface area (Å²) in [5.74, 6) is 4.20. The van der Waals surface area contributed by atoms with Crippen molar-refractivity contribution in [2.24, 2.45) is 0 Å². The predicted molar refractivity (Wildman–Crippen MR) is 149 cm³/mol. The van der Waals surface area contributed by atoms with Gasteiger partial charge in [-0.3, -0.25) is 24.3 Å². The number of nitrogens with one attached hydrogen (secondary N) is 4. The van der Waals surface area contributed by atoms with Gasteiger partial charge in [0.2, 0.25) is 0 Å². The van der Waals surface area contributed by atoms with Crippen LogP contribution in [0.2, 0.25) is 0 Å². The first-order valence-corrected chi connectivity index (χ1v) is 12.5. The summed E-state index contributed by atoms with van der Waals surface area (Å²) in [6.45, 7) is 3.73. The molecule has 0 spiro atoms. The van der Waals surface area contributed by atoms with E-state index >= 15 is 0 Å². The first-order chi connectivity index (χ1) is 19.6. The number of hydrogen-bond donors (Lipinski definition) is 6. The molecule has 0 saturated carbocycles. The minimum absolute atomic E-state index is 0. The fourth-order valence-electron chi connectivity index (χ4n) is 3.33. The Labute approximate surface area is 256 Å². The monoisotopic (exact) mass is 671 g/mol. The molecule has 1 atom stereocenters. The van der Waals surface area contributed by atoms with Crippen molar-refractivity contribution in [2.45, 2.75) is 25.3 Å². The number of aliphatic carboxylic acids is 2. The summed E-state index contributed by atoms with van der Waals surface area (Å²) in [4.78, 5) is 53.8. The molecule has 1 amide bonds. The second-order valence-corrected chi connectivity index (χ2v) is 8.47. The minimum atomic E-state index is -1.11. The van der Waals surface area contributed by atoms with Gasteiger partial charge >= 0.3 is 17.9 Å². The molecule has 0 bridgehead atoms. The zero-order valence-electron chi connectivity index (χ0n) is 23.1. The zero-order chi connectivity index (χ0) is 30.6. The van der Waals surface area contributed by atoms with Gasteiger partial charge in [0.15, 0.2) is 0 Å². The van der Waals surface area contributed by atoms with Crippen molar-refractivity contribution in [3.63, 3.8) is 0 Å². The van der Waals surface area contributed by atoms with E-state index in [4.69, 9.17) is 25.9 Å². The molecule has 15 nitrogen and oxygen atoms in total. The summed E-state index contributed by atoms with van der Waals surface area (Å²) < 4.78 is 4.80. The number of amides is 1. The molecule has 2 heterocycles. The maximum atomic E-state index is 12.4. The molecule has 2 rings (SSSR count). The molecule has 16 heteroatoms. The van der Waals surface area contributed by atoms with Crippen LogP contribution < -0.4 is 16.1 Å². The van der Waals surface area contributed by atoms with Gasteiger partial charge < -0.3 is 42.0 Å². The third-order valence-corrected chi connectivity index (χ3v) is 5.35. The van der Waals surface area contributed by atoms with E-state index < -0.39 is 29.9 Å². The quantitative estimate of drug-likeness (QED) is 0.0784. The Kier molecular flexibility index (Phi) is 19.7. The van der Waals surface area contributed by atoms with Crippen molar-refractivity contribution >= 4 is 35.3 Å². The average Bonchev–Trinajstić information content (AvgIpc) is 2.96. The standard InChI is InChI=1S/C20H25N6O3.C6H11NO5.Tc/c1-14(15-6-5-10-22-12-15)23-11-4-3-7-17(20(28)29-2)25-19(27)16-8-9-18(26-21)24-13-16;8-2-1-7(3-5(9)10)4-6(11)12;/h5-6,8-10,12-13,17,21,23H,1,3-4,7,11H2,2H3,(H2,24,25,26,27);8H,1-4H2,(H,9,10)(H,11,12);/q-1;;. The number of rotatable bonds is 17. The second kappa shape index (κ2) is 21.8. The number of carbonyl (C=O) groups excluding carboxylic acids is 2. The van der Waals surface area contributed by atoms with Crippen LogP contribution in [0.3, 0.4) is 0 Å². The van der Waals surface area contributed by atoms with E-state index in [-0.39, 0.29) is 46.3 Å². The summed E-state index contributed by atoms with van der Waals surface area (Å²) in [6.07, 6.45) is 6.71. The summed E-state index contributed by atoms with van der Waals surface area (Å²) in [5, 5.41) is 31.0. The van der Waals surface area contributed by atoms with Crippen molar-refractivity contribution in [2.75, 3.05) is 45.3 Å². The maximum absolute atomic E-state index is 12.4. The first-order valence-electron chi connectivity index (χ1n) is 12.5. The summed E-state index contributed by atoms with van der Waals surface area (Å²) in [6, 6.07) is 6.06. The van der Waals surface area contributed by atoms with E-state index in [0.717, 1.165) is 22.6 Å². The van der Waals surface area contributed by atoms with Crippen LogP contribution in [0.1, 0.15) is 35.2 Å². The summed E-state index contributed by atoms with van der Waals surface area (Å²) in [7, 11) is 1.29. The Morgan fingerprint density at radius 1 is 1.07 bits per heavy atom. The third-order valence-electron chi connectivity index (χ3n) is 5.35. The average molecular weight is 673 g/mol. The van der Waals surface area contributed by atoms with Gasteiger partial charge in [-0.05, 0) is 43.5 Å². The van der Waals surface area contributed by atoms with Crippen molar-refractivity contribution in [3.05, 3.63) is 66.4 Å². The molecule has 0 aliphatic heterocycles. The number of unbranched alkanes of at least 4 members (excludes halogenated alkanes) is 1. The van der Waals surface area contributed by atoms with Crippen molar-refractivity contribution in [1.29, 1.82) is 0 Å². The van der Waals surface area contributed by atoms with Crippen LogP contribution in [0, 0.1) is 0 Å². The SMILES string of the molecule is C=C(NCCCCC(NC(=O)c1ccc(N[NH-])nc1)C(=O)OC)c1cccnc1.O=C(O)CN(CCO)CC(=O)O.[Tc]. The topological polar surface area (TPSA) is 227 Å². The van der Waals surface area contributed by atoms with E-state index in [9.17, 15) is 19.2 Å². The number of esters is 1. The molecule has 231 valence electrons. The number of aliphatic hydroxyl groups excluding tert-OH is 1. The fraction of sp³-hybridized carbons (Fsp3) is 0.385. The molecular weight excluding hydrogens is 636 g/mol. The third kappa shape index (κ3) is 15.7. The van der Waals surface area contributed by atoms with Gasteiger partial charge in [0.1, 0.15) is 11.9 Å². The van der Waals surface area contributed by atoms with E-state index in [2.05, 4.69) is 32.6 Å². The van der Waals surface area contributed by atoms with Crippen LogP contribution in [-0.4, -0.2) is 99.9 Å². The van der Waals surface area contributed by atoms with Crippen molar-refractivity contribution < 1.29 is 59.3 Å². The Morgan fingerprint density at radius 3 is 2.26 bits per heavy atom. The van der Waals surface area contributed by atoms with Crippen LogP contribution in [0.4, 0.5) is 5.82 Å². The van der Waals surface area contributed by atoms with Crippen molar-refractivity contribution in [3.8, 4) is 0 Å². The molecule has 0 aromatic carbocycles. The number of anilines is 1. The predicted octanol–water partition coefficient (Wildman–Crippen LogP) is 1.01. The number of carboxylic acid groups (broad SMARTS) is 2. The molecule has 7 N–H and O–H groups in total. The molecule has 0 saturated heterocycles. The second-order valence-electron chi connectivity index (χ2n) is 8.47. The van der Waals surface area contributed by atoms with Crippen LogP contribution in [-0.2, 0) is 39.2 Å². The number of carbonyl (C=O) groups is 4. The Hall–Kier alpha value is -3.95. The van der Waals surface area contributed by atoms with Crippen LogP contribution >= 0.6 is 0 Å². The van der Waals surface area contributed by atoms with Crippen LogP contribution in [0.25, 0.3) is 11.5 Å².